The molecule has 1 fully saturated rings. The number of carbonyl (C=O) groups excluding carboxylic acids is 1. The quantitative estimate of drug-likeness (QED) is 0.841. The molecule has 0 aliphatic carbocycles. The minimum absolute atomic E-state index is 0.235. The highest BCUT2D eigenvalue weighted by Crippen LogP contribution is 2.16. The molecule has 4 nitrogen and oxygen atoms in total. The van der Waals surface area contributed by atoms with Gasteiger partial charge in [0.1, 0.15) is 5.60 Å². The van der Waals surface area contributed by atoms with Gasteiger partial charge in [-0.25, -0.2) is 4.79 Å². The third kappa shape index (κ3) is 5.25. The van der Waals surface area contributed by atoms with Crippen LogP contribution in [-0.2, 0) is 4.74 Å². The van der Waals surface area contributed by atoms with Crippen LogP contribution in [0.3, 0.4) is 0 Å². The molecule has 1 aliphatic heterocycles. The van der Waals surface area contributed by atoms with E-state index in [9.17, 15) is 4.79 Å². The van der Waals surface area contributed by atoms with Crippen molar-refractivity contribution in [2.24, 2.45) is 0 Å². The van der Waals surface area contributed by atoms with Crippen LogP contribution < -0.4 is 5.32 Å². The summed E-state index contributed by atoms with van der Waals surface area (Å²) in [5, 5.41) is 2.96. The molecule has 0 aromatic heterocycles. The van der Waals surface area contributed by atoms with E-state index in [1.54, 1.807) is 0 Å². The lowest BCUT2D eigenvalue weighted by Crippen LogP contribution is -2.41. The molecule has 0 aromatic carbocycles. The van der Waals surface area contributed by atoms with Gasteiger partial charge in [0.15, 0.2) is 0 Å². The molecule has 18 heavy (non-hydrogen) atoms. The maximum atomic E-state index is 11.7. The van der Waals surface area contributed by atoms with Crippen LogP contribution in [0.25, 0.3) is 0 Å². The standard InChI is InChI=1S/C14H28N2O2/c1-6-7-11(2)16-9-8-12(10-16)15-13(17)18-14(3,4)5/h11-12H,6-10H2,1-5H3,(H,15,17)/t11?,12-/m0/s1. The number of ether oxygens (including phenoxy) is 1. The zero-order valence-electron chi connectivity index (χ0n) is 12.5. The van der Waals surface area contributed by atoms with E-state index in [4.69, 9.17) is 4.74 Å². The van der Waals surface area contributed by atoms with Crippen molar-refractivity contribution in [3.8, 4) is 0 Å². The van der Waals surface area contributed by atoms with E-state index in [0.29, 0.717) is 6.04 Å². The minimum atomic E-state index is -0.419. The Hall–Kier alpha value is -0.770. The first-order valence-corrected chi connectivity index (χ1v) is 7.05. The molecule has 0 radical (unpaired) electrons. The van der Waals surface area contributed by atoms with E-state index in [2.05, 4.69) is 24.1 Å². The van der Waals surface area contributed by atoms with Crippen molar-refractivity contribution in [3.63, 3.8) is 0 Å². The molecule has 1 heterocycles. The lowest BCUT2D eigenvalue weighted by molar-refractivity contribution is 0.0504. The maximum Gasteiger partial charge on any atom is 0.407 e. The van der Waals surface area contributed by atoms with Gasteiger partial charge in [-0.2, -0.15) is 0 Å². The number of carbonyl (C=O) groups is 1. The van der Waals surface area contributed by atoms with E-state index in [-0.39, 0.29) is 12.1 Å². The highest BCUT2D eigenvalue weighted by molar-refractivity contribution is 5.68. The second-order valence-corrected chi connectivity index (χ2v) is 6.26. The molecule has 2 atom stereocenters. The van der Waals surface area contributed by atoms with Crippen molar-refractivity contribution in [2.75, 3.05) is 13.1 Å². The average molecular weight is 256 g/mol. The lowest BCUT2D eigenvalue weighted by Gasteiger charge is -2.24. The Morgan fingerprint density at radius 2 is 2.17 bits per heavy atom. The molecule has 0 saturated carbocycles. The number of rotatable bonds is 4. The molecule has 0 bridgehead atoms. The second-order valence-electron chi connectivity index (χ2n) is 6.26. The van der Waals surface area contributed by atoms with Crippen LogP contribution >= 0.6 is 0 Å². The summed E-state index contributed by atoms with van der Waals surface area (Å²) in [4.78, 5) is 14.1. The fourth-order valence-electron chi connectivity index (χ4n) is 2.38. The molecule has 4 heteroatoms. The lowest BCUT2D eigenvalue weighted by atomic mass is 10.2. The van der Waals surface area contributed by atoms with E-state index >= 15 is 0 Å². The monoisotopic (exact) mass is 256 g/mol. The van der Waals surface area contributed by atoms with Crippen LogP contribution in [0.1, 0.15) is 53.9 Å². The molecule has 1 aliphatic rings. The number of amides is 1. The number of likely N-dealkylation sites (tertiary alicyclic amines) is 1. The molecule has 106 valence electrons. The first-order chi connectivity index (χ1) is 8.31. The first-order valence-electron chi connectivity index (χ1n) is 7.05. The summed E-state index contributed by atoms with van der Waals surface area (Å²) in [5.41, 5.74) is -0.419. The van der Waals surface area contributed by atoms with Crippen LogP contribution in [0.5, 0.6) is 0 Å². The maximum absolute atomic E-state index is 11.7. The summed E-state index contributed by atoms with van der Waals surface area (Å²) in [6, 6.07) is 0.847. The third-order valence-corrected chi connectivity index (χ3v) is 3.27. The molecular weight excluding hydrogens is 228 g/mol. The number of hydrogen-bond donors (Lipinski definition) is 1. The fourth-order valence-corrected chi connectivity index (χ4v) is 2.38. The van der Waals surface area contributed by atoms with Gasteiger partial charge in [-0.3, -0.25) is 4.90 Å². The molecular formula is C14H28N2O2. The van der Waals surface area contributed by atoms with Gasteiger partial charge in [0.25, 0.3) is 0 Å². The summed E-state index contributed by atoms with van der Waals surface area (Å²) >= 11 is 0. The smallest absolute Gasteiger partial charge is 0.407 e. The van der Waals surface area contributed by atoms with Crippen molar-refractivity contribution < 1.29 is 9.53 Å². The molecule has 0 aromatic rings. The van der Waals surface area contributed by atoms with E-state index in [0.717, 1.165) is 19.5 Å². The second kappa shape index (κ2) is 6.41. The van der Waals surface area contributed by atoms with Crippen molar-refractivity contribution >= 4 is 6.09 Å². The van der Waals surface area contributed by atoms with E-state index < -0.39 is 5.60 Å². The summed E-state index contributed by atoms with van der Waals surface area (Å²) in [6.45, 7) is 12.1. The van der Waals surface area contributed by atoms with Crippen LogP contribution in [0.2, 0.25) is 0 Å². The molecule has 1 saturated heterocycles. The van der Waals surface area contributed by atoms with Crippen LogP contribution in [-0.4, -0.2) is 41.8 Å². The van der Waals surface area contributed by atoms with Gasteiger partial charge in [-0.15, -0.1) is 0 Å². The van der Waals surface area contributed by atoms with Gasteiger partial charge in [0.05, 0.1) is 0 Å². The van der Waals surface area contributed by atoms with Gasteiger partial charge in [0, 0.05) is 25.2 Å². The van der Waals surface area contributed by atoms with E-state index in [1.165, 1.54) is 12.8 Å². The third-order valence-electron chi connectivity index (χ3n) is 3.27. The highest BCUT2D eigenvalue weighted by Gasteiger charge is 2.28. The van der Waals surface area contributed by atoms with Gasteiger partial charge in [-0.05, 0) is 40.5 Å². The Labute approximate surface area is 111 Å². The molecule has 1 N–H and O–H groups in total. The van der Waals surface area contributed by atoms with Gasteiger partial charge >= 0.3 is 6.09 Å². The molecule has 1 rings (SSSR count). The summed E-state index contributed by atoms with van der Waals surface area (Å²) < 4.78 is 5.27. The van der Waals surface area contributed by atoms with Crippen molar-refractivity contribution in [3.05, 3.63) is 0 Å². The SMILES string of the molecule is CCCC(C)N1CC[C@H](NC(=O)OC(C)(C)C)C1. The largest absolute Gasteiger partial charge is 0.444 e. The van der Waals surface area contributed by atoms with Gasteiger partial charge in [-0.1, -0.05) is 13.3 Å². The van der Waals surface area contributed by atoms with Gasteiger partial charge in [0.2, 0.25) is 0 Å². The predicted molar refractivity (Wildman–Crippen MR) is 73.7 cm³/mol. The average Bonchev–Trinajstić information content (AvgIpc) is 2.63. The Morgan fingerprint density at radius 3 is 2.72 bits per heavy atom. The number of nitrogens with zero attached hydrogens (tertiary/aromatic N) is 1. The van der Waals surface area contributed by atoms with Crippen molar-refractivity contribution in [2.45, 2.75) is 71.6 Å². The molecule has 0 spiro atoms. The summed E-state index contributed by atoms with van der Waals surface area (Å²) in [5.74, 6) is 0. The highest BCUT2D eigenvalue weighted by atomic mass is 16.6. The van der Waals surface area contributed by atoms with Crippen molar-refractivity contribution in [1.82, 2.24) is 10.2 Å². The number of alkyl carbamates (subject to hydrolysis) is 1. The number of hydrogen-bond acceptors (Lipinski definition) is 3. The summed E-state index contributed by atoms with van der Waals surface area (Å²) in [7, 11) is 0. The van der Waals surface area contributed by atoms with Crippen LogP contribution in [0, 0.1) is 0 Å². The predicted octanol–water partition coefficient (Wildman–Crippen LogP) is 2.77. The normalized spacial score (nSPS) is 22.8. The van der Waals surface area contributed by atoms with Gasteiger partial charge < -0.3 is 10.1 Å². The van der Waals surface area contributed by atoms with Crippen LogP contribution in [0.15, 0.2) is 0 Å². The fraction of sp³-hybridized carbons (Fsp3) is 0.929. The Balaban J connectivity index is 2.32. The molecule has 1 unspecified atom stereocenters. The molecule has 1 amide bonds. The summed E-state index contributed by atoms with van der Waals surface area (Å²) in [6.07, 6.45) is 3.16. The Bertz CT molecular complexity index is 273. The Kier molecular flexibility index (Phi) is 5.45. The minimum Gasteiger partial charge on any atom is -0.444 e. The van der Waals surface area contributed by atoms with Crippen molar-refractivity contribution in [1.29, 1.82) is 0 Å². The van der Waals surface area contributed by atoms with Crippen LogP contribution in [0.4, 0.5) is 4.79 Å². The first kappa shape index (κ1) is 15.3. The topological polar surface area (TPSA) is 41.6 Å². The zero-order valence-corrected chi connectivity index (χ0v) is 12.5. The van der Waals surface area contributed by atoms with E-state index in [1.807, 2.05) is 20.8 Å². The number of nitrogens with one attached hydrogen (secondary N) is 1. The zero-order chi connectivity index (χ0) is 13.8. The Morgan fingerprint density at radius 1 is 1.50 bits per heavy atom.